The zero-order valence-corrected chi connectivity index (χ0v) is 16.6. The van der Waals surface area contributed by atoms with Crippen LogP contribution in [0.3, 0.4) is 0 Å². The van der Waals surface area contributed by atoms with E-state index in [0.717, 1.165) is 30.9 Å². The van der Waals surface area contributed by atoms with Gasteiger partial charge in [0.2, 0.25) is 0 Å². The maximum atomic E-state index is 6.48. The summed E-state index contributed by atoms with van der Waals surface area (Å²) in [6.07, 6.45) is 9.76. The number of nitrogen functional groups attached to an aromatic ring is 1. The molecule has 0 saturated carbocycles. The molecule has 0 radical (unpaired) electrons. The van der Waals surface area contributed by atoms with Gasteiger partial charge in [0.05, 0.1) is 12.9 Å². The van der Waals surface area contributed by atoms with Gasteiger partial charge in [0.25, 0.3) is 0 Å². The lowest BCUT2D eigenvalue weighted by molar-refractivity contribution is 0.660. The molecule has 0 spiro atoms. The minimum absolute atomic E-state index is 0.502. The normalized spacial score (nSPS) is 10.7. The number of hydrogen-bond donors (Lipinski definition) is 2. The Morgan fingerprint density at radius 1 is 0.967 bits per heavy atom. The molecule has 0 aliphatic rings. The quantitative estimate of drug-likeness (QED) is 0.415. The molecule has 4 rings (SSSR count). The van der Waals surface area contributed by atoms with Crippen LogP contribution in [0.25, 0.3) is 0 Å². The molecule has 1 aromatic carbocycles. The lowest BCUT2D eigenvalue weighted by Gasteiger charge is -2.25. The third-order valence-electron chi connectivity index (χ3n) is 4.67. The molecule has 3 aromatic heterocycles. The maximum Gasteiger partial charge on any atom is 0.163 e. The SMILES string of the molecule is Nc1c(NCCCn2ccnc2)ncnc1N(Cc1ccccc1)c1ccccn1. The van der Waals surface area contributed by atoms with Gasteiger partial charge < -0.3 is 20.5 Å². The molecule has 8 nitrogen and oxygen atoms in total. The van der Waals surface area contributed by atoms with Gasteiger partial charge in [-0.1, -0.05) is 36.4 Å². The van der Waals surface area contributed by atoms with E-state index in [1.807, 2.05) is 58.4 Å². The van der Waals surface area contributed by atoms with Crippen molar-refractivity contribution in [3.05, 3.63) is 85.3 Å². The van der Waals surface area contributed by atoms with Crippen molar-refractivity contribution in [3.63, 3.8) is 0 Å². The van der Waals surface area contributed by atoms with Gasteiger partial charge in [-0.2, -0.15) is 0 Å². The molecule has 0 bridgehead atoms. The second kappa shape index (κ2) is 9.51. The third-order valence-corrected chi connectivity index (χ3v) is 4.67. The fourth-order valence-corrected chi connectivity index (χ4v) is 3.17. The van der Waals surface area contributed by atoms with Crippen LogP contribution in [0.4, 0.5) is 23.1 Å². The van der Waals surface area contributed by atoms with E-state index < -0.39 is 0 Å². The van der Waals surface area contributed by atoms with Crippen LogP contribution in [-0.4, -0.2) is 31.0 Å². The van der Waals surface area contributed by atoms with Crippen molar-refractivity contribution in [2.75, 3.05) is 22.5 Å². The Morgan fingerprint density at radius 3 is 2.60 bits per heavy atom. The average molecular weight is 400 g/mol. The molecular weight excluding hydrogens is 376 g/mol. The van der Waals surface area contributed by atoms with Crippen LogP contribution >= 0.6 is 0 Å². The standard InChI is InChI=1S/C22H24N8/c23-20-21(26-11-6-13-29-14-12-24-17-29)27-16-28-22(20)30(19-9-4-5-10-25-19)15-18-7-2-1-3-8-18/h1-5,7-10,12,14,16-17H,6,11,13,15,23H2,(H,26,27,28). The number of nitrogens with zero attached hydrogens (tertiary/aromatic N) is 6. The summed E-state index contributed by atoms with van der Waals surface area (Å²) < 4.78 is 2.04. The second-order valence-electron chi connectivity index (χ2n) is 6.80. The Labute approximate surface area is 175 Å². The van der Waals surface area contributed by atoms with Gasteiger partial charge in [0, 0.05) is 31.7 Å². The molecule has 8 heteroatoms. The first kappa shape index (κ1) is 19.4. The van der Waals surface area contributed by atoms with E-state index in [1.165, 1.54) is 6.33 Å². The summed E-state index contributed by atoms with van der Waals surface area (Å²) in [7, 11) is 0. The second-order valence-corrected chi connectivity index (χ2v) is 6.80. The zero-order chi connectivity index (χ0) is 20.6. The van der Waals surface area contributed by atoms with Gasteiger partial charge >= 0.3 is 0 Å². The van der Waals surface area contributed by atoms with E-state index in [9.17, 15) is 0 Å². The Bertz CT molecular complexity index is 1040. The van der Waals surface area contributed by atoms with E-state index in [0.29, 0.717) is 23.9 Å². The molecular formula is C22H24N8. The molecule has 0 unspecified atom stereocenters. The molecule has 0 saturated heterocycles. The smallest absolute Gasteiger partial charge is 0.163 e. The monoisotopic (exact) mass is 400 g/mol. The van der Waals surface area contributed by atoms with Crippen LogP contribution < -0.4 is 16.0 Å². The average Bonchev–Trinajstić information content (AvgIpc) is 3.31. The van der Waals surface area contributed by atoms with Crippen molar-refractivity contribution >= 4 is 23.1 Å². The molecule has 0 aliphatic carbocycles. The lowest BCUT2D eigenvalue weighted by Crippen LogP contribution is -2.21. The molecule has 3 N–H and O–H groups in total. The van der Waals surface area contributed by atoms with Crippen LogP contribution in [0.5, 0.6) is 0 Å². The molecule has 3 heterocycles. The summed E-state index contributed by atoms with van der Waals surface area (Å²) in [5.74, 6) is 2.03. The fourth-order valence-electron chi connectivity index (χ4n) is 3.17. The first-order chi connectivity index (χ1) is 14.8. The number of rotatable bonds is 9. The number of nitrogens with two attached hydrogens (primary N) is 1. The predicted octanol–water partition coefficient (Wildman–Crippen LogP) is 3.49. The first-order valence-corrected chi connectivity index (χ1v) is 9.84. The summed E-state index contributed by atoms with van der Waals surface area (Å²) >= 11 is 0. The van der Waals surface area contributed by atoms with Crippen LogP contribution in [0.1, 0.15) is 12.0 Å². The van der Waals surface area contributed by atoms with Crippen molar-refractivity contribution in [2.24, 2.45) is 0 Å². The highest BCUT2D eigenvalue weighted by Gasteiger charge is 2.18. The van der Waals surface area contributed by atoms with Crippen molar-refractivity contribution in [1.29, 1.82) is 0 Å². The molecule has 152 valence electrons. The largest absolute Gasteiger partial charge is 0.393 e. The van der Waals surface area contributed by atoms with Gasteiger partial charge in [-0.25, -0.2) is 19.9 Å². The predicted molar refractivity (Wildman–Crippen MR) is 118 cm³/mol. The summed E-state index contributed by atoms with van der Waals surface area (Å²) in [5.41, 5.74) is 8.12. The summed E-state index contributed by atoms with van der Waals surface area (Å²) in [4.78, 5) is 19.4. The topological polar surface area (TPSA) is 97.8 Å². The van der Waals surface area contributed by atoms with Gasteiger partial charge in [-0.15, -0.1) is 0 Å². The zero-order valence-electron chi connectivity index (χ0n) is 16.6. The Balaban J connectivity index is 1.53. The van der Waals surface area contributed by atoms with E-state index in [4.69, 9.17) is 5.73 Å². The molecule has 30 heavy (non-hydrogen) atoms. The summed E-state index contributed by atoms with van der Waals surface area (Å²) in [6.45, 7) is 2.21. The van der Waals surface area contributed by atoms with Crippen LogP contribution in [0, 0.1) is 0 Å². The van der Waals surface area contributed by atoms with Gasteiger partial charge in [0.15, 0.2) is 11.6 Å². The number of aromatic nitrogens is 5. The summed E-state index contributed by atoms with van der Waals surface area (Å²) in [5, 5.41) is 3.33. The fraction of sp³-hybridized carbons (Fsp3) is 0.182. The van der Waals surface area contributed by atoms with Crippen LogP contribution in [-0.2, 0) is 13.1 Å². The van der Waals surface area contributed by atoms with Crippen molar-refractivity contribution in [3.8, 4) is 0 Å². The number of benzene rings is 1. The summed E-state index contributed by atoms with van der Waals surface area (Å²) in [6, 6.07) is 16.0. The third kappa shape index (κ3) is 4.72. The van der Waals surface area contributed by atoms with E-state index in [2.05, 4.69) is 37.4 Å². The maximum absolute atomic E-state index is 6.48. The van der Waals surface area contributed by atoms with Crippen LogP contribution in [0.15, 0.2) is 79.8 Å². The number of hydrogen-bond acceptors (Lipinski definition) is 7. The molecule has 0 fully saturated rings. The molecule has 0 amide bonds. The number of pyridine rings is 1. The number of anilines is 4. The Hall–Kier alpha value is -3.94. The lowest BCUT2D eigenvalue weighted by atomic mass is 10.2. The number of nitrogens with one attached hydrogen (secondary N) is 1. The van der Waals surface area contributed by atoms with Gasteiger partial charge in [-0.3, -0.25) is 0 Å². The van der Waals surface area contributed by atoms with Crippen LogP contribution in [0.2, 0.25) is 0 Å². The highest BCUT2D eigenvalue weighted by atomic mass is 15.3. The molecule has 0 atom stereocenters. The van der Waals surface area contributed by atoms with Crippen molar-refractivity contribution in [2.45, 2.75) is 19.5 Å². The molecule has 4 aromatic rings. The van der Waals surface area contributed by atoms with Gasteiger partial charge in [0.1, 0.15) is 17.8 Å². The highest BCUT2D eigenvalue weighted by molar-refractivity contribution is 5.78. The minimum atomic E-state index is 0.502. The first-order valence-electron chi connectivity index (χ1n) is 9.84. The highest BCUT2D eigenvalue weighted by Crippen LogP contribution is 2.32. The Morgan fingerprint density at radius 2 is 1.83 bits per heavy atom. The van der Waals surface area contributed by atoms with Gasteiger partial charge in [-0.05, 0) is 24.1 Å². The van der Waals surface area contributed by atoms with E-state index >= 15 is 0 Å². The van der Waals surface area contributed by atoms with E-state index in [1.54, 1.807) is 12.4 Å². The number of imidazole rings is 1. The molecule has 0 aliphatic heterocycles. The Kier molecular flexibility index (Phi) is 6.14. The van der Waals surface area contributed by atoms with Crippen molar-refractivity contribution in [1.82, 2.24) is 24.5 Å². The van der Waals surface area contributed by atoms with E-state index in [-0.39, 0.29) is 0 Å². The van der Waals surface area contributed by atoms with Crippen molar-refractivity contribution < 1.29 is 0 Å². The number of aryl methyl sites for hydroxylation is 1. The minimum Gasteiger partial charge on any atom is -0.393 e.